The Labute approximate surface area is 123 Å². The van der Waals surface area contributed by atoms with Gasteiger partial charge in [-0.25, -0.2) is 4.39 Å². The molecule has 1 aromatic heterocycles. The Morgan fingerprint density at radius 1 is 1.29 bits per heavy atom. The van der Waals surface area contributed by atoms with Crippen molar-refractivity contribution in [2.45, 2.75) is 13.3 Å². The van der Waals surface area contributed by atoms with Gasteiger partial charge in [0.05, 0.1) is 16.8 Å². The molecule has 0 saturated carbocycles. The van der Waals surface area contributed by atoms with Crippen molar-refractivity contribution in [2.24, 2.45) is 0 Å². The third kappa shape index (κ3) is 2.88. The van der Waals surface area contributed by atoms with Gasteiger partial charge < -0.3 is 10.2 Å². The Balaban J connectivity index is 1.97. The molecule has 0 unspecified atom stereocenters. The maximum Gasteiger partial charge on any atom is 0.255 e. The Bertz CT molecular complexity index is 679. The van der Waals surface area contributed by atoms with Gasteiger partial charge in [0.2, 0.25) is 0 Å². The number of halogens is 1. The molecule has 2 aromatic rings. The van der Waals surface area contributed by atoms with Crippen LogP contribution in [0, 0.1) is 12.7 Å². The van der Waals surface area contributed by atoms with E-state index in [1.807, 2.05) is 11.0 Å². The van der Waals surface area contributed by atoms with E-state index in [0.717, 1.165) is 31.4 Å². The highest BCUT2D eigenvalue weighted by molar-refractivity contribution is 5.98. The molecule has 1 aliphatic heterocycles. The average Bonchev–Trinajstić information content (AvgIpc) is 2.74. The average molecular weight is 287 g/mol. The highest BCUT2D eigenvalue weighted by Crippen LogP contribution is 2.19. The predicted molar refractivity (Wildman–Crippen MR) is 79.8 cm³/mol. The lowest BCUT2D eigenvalue weighted by atomic mass is 10.1. The van der Waals surface area contributed by atoms with Crippen molar-refractivity contribution >= 4 is 16.8 Å². The monoisotopic (exact) mass is 287 g/mol. The zero-order valence-corrected chi connectivity index (χ0v) is 12.0. The molecule has 5 heteroatoms. The molecule has 1 saturated heterocycles. The van der Waals surface area contributed by atoms with Crippen LogP contribution in [0.15, 0.2) is 24.3 Å². The molecule has 3 rings (SSSR count). The summed E-state index contributed by atoms with van der Waals surface area (Å²) in [6.07, 6.45) is 0.955. The molecule has 1 fully saturated rings. The fourth-order valence-electron chi connectivity index (χ4n) is 2.67. The standard InChI is InChI=1S/C16H18FN3O/c1-11-14(16(21)20-7-2-5-18-6-8-20)9-12-3-4-13(17)10-15(12)19-11/h3-4,9-10,18H,2,5-8H2,1H3. The van der Waals surface area contributed by atoms with Gasteiger partial charge in [-0.3, -0.25) is 9.78 Å². The normalized spacial score (nSPS) is 16.0. The summed E-state index contributed by atoms with van der Waals surface area (Å²) in [7, 11) is 0. The number of benzene rings is 1. The molecule has 4 nitrogen and oxygen atoms in total. The minimum absolute atomic E-state index is 0.00919. The predicted octanol–water partition coefficient (Wildman–Crippen LogP) is 2.12. The number of nitrogens with zero attached hydrogens (tertiary/aromatic N) is 2. The fourth-order valence-corrected chi connectivity index (χ4v) is 2.67. The number of aromatic nitrogens is 1. The second-order valence-corrected chi connectivity index (χ2v) is 5.35. The molecule has 0 aliphatic carbocycles. The molecule has 1 N–H and O–H groups in total. The first-order valence-corrected chi connectivity index (χ1v) is 7.22. The first kappa shape index (κ1) is 13.9. The lowest BCUT2D eigenvalue weighted by Crippen LogP contribution is -2.34. The van der Waals surface area contributed by atoms with Gasteiger partial charge in [-0.1, -0.05) is 0 Å². The summed E-state index contributed by atoms with van der Waals surface area (Å²) in [6.45, 7) is 5.02. The van der Waals surface area contributed by atoms with Gasteiger partial charge in [-0.15, -0.1) is 0 Å². The Morgan fingerprint density at radius 3 is 3.00 bits per heavy atom. The van der Waals surface area contributed by atoms with E-state index < -0.39 is 0 Å². The van der Waals surface area contributed by atoms with Crippen LogP contribution in [-0.4, -0.2) is 42.0 Å². The van der Waals surface area contributed by atoms with Crippen LogP contribution in [0.25, 0.3) is 10.9 Å². The van der Waals surface area contributed by atoms with Crippen LogP contribution >= 0.6 is 0 Å². The van der Waals surface area contributed by atoms with Crippen molar-refractivity contribution in [3.8, 4) is 0 Å². The van der Waals surface area contributed by atoms with E-state index in [1.165, 1.54) is 12.1 Å². The van der Waals surface area contributed by atoms with Gasteiger partial charge >= 0.3 is 0 Å². The number of carbonyl (C=O) groups excluding carboxylic acids is 1. The zero-order chi connectivity index (χ0) is 14.8. The Kier molecular flexibility index (Phi) is 3.84. The molecule has 0 bridgehead atoms. The Hall–Kier alpha value is -2.01. The number of fused-ring (bicyclic) bond motifs is 1. The van der Waals surface area contributed by atoms with E-state index in [4.69, 9.17) is 0 Å². The van der Waals surface area contributed by atoms with Crippen LogP contribution in [0.1, 0.15) is 22.5 Å². The lowest BCUT2D eigenvalue weighted by Gasteiger charge is -2.21. The number of hydrogen-bond donors (Lipinski definition) is 1. The number of nitrogens with one attached hydrogen (secondary N) is 1. The lowest BCUT2D eigenvalue weighted by molar-refractivity contribution is 0.0765. The van der Waals surface area contributed by atoms with Crippen LogP contribution < -0.4 is 5.32 Å². The second kappa shape index (κ2) is 5.77. The quantitative estimate of drug-likeness (QED) is 0.874. The van der Waals surface area contributed by atoms with E-state index in [1.54, 1.807) is 13.0 Å². The highest BCUT2D eigenvalue weighted by Gasteiger charge is 2.20. The SMILES string of the molecule is Cc1nc2cc(F)ccc2cc1C(=O)N1CCCNCC1. The smallest absolute Gasteiger partial charge is 0.255 e. The molecule has 1 amide bonds. The van der Waals surface area contributed by atoms with E-state index in [2.05, 4.69) is 10.3 Å². The number of aryl methyl sites for hydroxylation is 1. The summed E-state index contributed by atoms with van der Waals surface area (Å²) >= 11 is 0. The van der Waals surface area contributed by atoms with Gasteiger partial charge in [0.15, 0.2) is 0 Å². The minimum atomic E-state index is -0.313. The van der Waals surface area contributed by atoms with E-state index >= 15 is 0 Å². The third-order valence-corrected chi connectivity index (χ3v) is 3.83. The van der Waals surface area contributed by atoms with Crippen molar-refractivity contribution < 1.29 is 9.18 Å². The van der Waals surface area contributed by atoms with E-state index in [-0.39, 0.29) is 11.7 Å². The van der Waals surface area contributed by atoms with Gasteiger partial charge in [0.1, 0.15) is 5.82 Å². The molecule has 1 aromatic carbocycles. The number of amides is 1. The molecule has 0 radical (unpaired) electrons. The summed E-state index contributed by atoms with van der Waals surface area (Å²) in [5, 5.41) is 4.07. The topological polar surface area (TPSA) is 45.2 Å². The van der Waals surface area contributed by atoms with Crippen LogP contribution in [0.2, 0.25) is 0 Å². The van der Waals surface area contributed by atoms with Crippen molar-refractivity contribution in [3.05, 3.63) is 41.3 Å². The molecule has 0 atom stereocenters. The van der Waals surface area contributed by atoms with Crippen molar-refractivity contribution in [3.63, 3.8) is 0 Å². The summed E-state index contributed by atoms with van der Waals surface area (Å²) in [5.41, 5.74) is 1.84. The maximum atomic E-state index is 13.2. The molecule has 0 spiro atoms. The summed E-state index contributed by atoms with van der Waals surface area (Å²) in [4.78, 5) is 18.9. The van der Waals surface area contributed by atoms with Gasteiger partial charge in [0.25, 0.3) is 5.91 Å². The molecular formula is C16H18FN3O. The zero-order valence-electron chi connectivity index (χ0n) is 12.0. The van der Waals surface area contributed by atoms with E-state index in [0.29, 0.717) is 23.3 Å². The van der Waals surface area contributed by atoms with Crippen LogP contribution in [-0.2, 0) is 0 Å². The van der Waals surface area contributed by atoms with Crippen LogP contribution in [0.3, 0.4) is 0 Å². The number of carbonyl (C=O) groups is 1. The second-order valence-electron chi connectivity index (χ2n) is 5.35. The Morgan fingerprint density at radius 2 is 2.14 bits per heavy atom. The van der Waals surface area contributed by atoms with Crippen molar-refractivity contribution in [2.75, 3.05) is 26.2 Å². The number of hydrogen-bond acceptors (Lipinski definition) is 3. The van der Waals surface area contributed by atoms with E-state index in [9.17, 15) is 9.18 Å². The molecule has 1 aliphatic rings. The molecule has 21 heavy (non-hydrogen) atoms. The number of pyridine rings is 1. The summed E-state index contributed by atoms with van der Waals surface area (Å²) < 4.78 is 13.2. The summed E-state index contributed by atoms with van der Waals surface area (Å²) in [6, 6.07) is 6.27. The van der Waals surface area contributed by atoms with Gasteiger partial charge in [-0.2, -0.15) is 0 Å². The van der Waals surface area contributed by atoms with Crippen molar-refractivity contribution in [1.82, 2.24) is 15.2 Å². The minimum Gasteiger partial charge on any atom is -0.337 e. The highest BCUT2D eigenvalue weighted by atomic mass is 19.1. The van der Waals surface area contributed by atoms with Gasteiger partial charge in [-0.05, 0) is 38.1 Å². The first-order valence-electron chi connectivity index (χ1n) is 7.22. The number of rotatable bonds is 1. The molecule has 110 valence electrons. The summed E-state index contributed by atoms with van der Waals surface area (Å²) in [5.74, 6) is -0.304. The largest absolute Gasteiger partial charge is 0.337 e. The fraction of sp³-hybridized carbons (Fsp3) is 0.375. The van der Waals surface area contributed by atoms with Crippen LogP contribution in [0.4, 0.5) is 4.39 Å². The van der Waals surface area contributed by atoms with Crippen molar-refractivity contribution in [1.29, 1.82) is 0 Å². The first-order chi connectivity index (χ1) is 10.1. The maximum absolute atomic E-state index is 13.2. The molecular weight excluding hydrogens is 269 g/mol. The molecule has 2 heterocycles. The van der Waals surface area contributed by atoms with Gasteiger partial charge in [0, 0.05) is 31.1 Å². The van der Waals surface area contributed by atoms with Crippen LogP contribution in [0.5, 0.6) is 0 Å². The third-order valence-electron chi connectivity index (χ3n) is 3.83.